The summed E-state index contributed by atoms with van der Waals surface area (Å²) < 4.78 is 1.83. The van der Waals surface area contributed by atoms with Gasteiger partial charge in [0.1, 0.15) is 5.56 Å². The van der Waals surface area contributed by atoms with Gasteiger partial charge in [-0.25, -0.2) is 4.79 Å². The molecule has 0 unspecified atom stereocenters. The highest BCUT2D eigenvalue weighted by atomic mass is 16.4. The van der Waals surface area contributed by atoms with Crippen LogP contribution in [0.2, 0.25) is 0 Å². The van der Waals surface area contributed by atoms with Gasteiger partial charge in [0.15, 0.2) is 0 Å². The van der Waals surface area contributed by atoms with E-state index in [1.165, 1.54) is 24.7 Å². The topological polar surface area (TPSA) is 65.8 Å². The molecule has 2 aliphatic rings. The van der Waals surface area contributed by atoms with E-state index in [1.54, 1.807) is 6.07 Å². The lowest BCUT2D eigenvalue weighted by Crippen LogP contribution is -2.39. The number of carboxylic acid groups (broad SMARTS) is 1. The van der Waals surface area contributed by atoms with Crippen LogP contribution in [0.5, 0.6) is 0 Å². The molecule has 3 heterocycles. The summed E-state index contributed by atoms with van der Waals surface area (Å²) in [4.78, 5) is 26.3. The lowest BCUT2D eigenvalue weighted by Gasteiger charge is -2.33. The maximum atomic E-state index is 12.5. The number of pyridine rings is 1. The van der Waals surface area contributed by atoms with Crippen molar-refractivity contribution < 1.29 is 9.90 Å². The van der Waals surface area contributed by atoms with Crippen molar-refractivity contribution in [1.82, 2.24) is 4.68 Å². The lowest BCUT2D eigenvalue weighted by molar-refractivity contribution is 0.0695. The molecular weight excluding hydrogens is 294 g/mol. The Morgan fingerprint density at radius 1 is 1.17 bits per heavy atom. The van der Waals surface area contributed by atoms with E-state index in [0.717, 1.165) is 37.1 Å². The summed E-state index contributed by atoms with van der Waals surface area (Å²) >= 11 is 0. The quantitative estimate of drug-likeness (QED) is 0.908. The van der Waals surface area contributed by atoms with Gasteiger partial charge in [-0.15, -0.1) is 0 Å². The van der Waals surface area contributed by atoms with Crippen molar-refractivity contribution >= 4 is 22.6 Å². The van der Waals surface area contributed by atoms with Crippen molar-refractivity contribution in [3.63, 3.8) is 0 Å². The molecule has 1 fully saturated rings. The fraction of sp³-hybridized carbons (Fsp3) is 0.412. The summed E-state index contributed by atoms with van der Waals surface area (Å²) in [6, 6.07) is 3.78. The normalized spacial score (nSPS) is 17.1. The van der Waals surface area contributed by atoms with Crippen LogP contribution in [0.3, 0.4) is 0 Å². The van der Waals surface area contributed by atoms with Gasteiger partial charge >= 0.3 is 5.97 Å². The maximum Gasteiger partial charge on any atom is 0.341 e. The number of hydrogen-bond acceptors (Lipinski definition) is 4. The molecule has 0 spiro atoms. The minimum absolute atomic E-state index is 0.175. The number of carbonyl (C=O) groups is 1. The molecule has 0 amide bonds. The van der Waals surface area contributed by atoms with E-state index in [4.69, 9.17) is 0 Å². The van der Waals surface area contributed by atoms with Crippen molar-refractivity contribution in [2.24, 2.45) is 0 Å². The molecular formula is C17H19N3O3. The second kappa shape index (κ2) is 5.01. The first-order valence-electron chi connectivity index (χ1n) is 7.99. The molecule has 4 rings (SSSR count). The van der Waals surface area contributed by atoms with Crippen LogP contribution in [-0.4, -0.2) is 42.4 Å². The third-order valence-corrected chi connectivity index (χ3v) is 4.96. The van der Waals surface area contributed by atoms with Crippen molar-refractivity contribution in [2.45, 2.75) is 19.3 Å². The number of carboxylic acids is 1. The molecule has 1 saturated heterocycles. The molecule has 1 N–H and O–H groups in total. The highest BCUT2D eigenvalue weighted by Gasteiger charge is 2.25. The van der Waals surface area contributed by atoms with Crippen molar-refractivity contribution in [1.29, 1.82) is 0 Å². The van der Waals surface area contributed by atoms with Gasteiger partial charge in [0.25, 0.3) is 0 Å². The third-order valence-electron chi connectivity index (χ3n) is 4.96. The molecule has 6 nitrogen and oxygen atoms in total. The molecule has 23 heavy (non-hydrogen) atoms. The molecule has 0 saturated carbocycles. The number of nitrogens with zero attached hydrogens (tertiary/aromatic N) is 3. The van der Waals surface area contributed by atoms with Crippen LogP contribution in [0.1, 0.15) is 28.8 Å². The molecule has 2 aliphatic heterocycles. The minimum atomic E-state index is -1.18. The van der Waals surface area contributed by atoms with E-state index < -0.39 is 11.4 Å². The zero-order valence-corrected chi connectivity index (χ0v) is 13.1. The molecule has 120 valence electrons. The van der Waals surface area contributed by atoms with Crippen molar-refractivity contribution in [2.75, 3.05) is 36.6 Å². The largest absolute Gasteiger partial charge is 0.477 e. The standard InChI is InChI=1S/C17H19N3O3/c1-18-9-6-11-14(19-7-2-3-8-19)5-4-12-15(11)20(18)10-13(16(12)21)17(22)23/h4-5,10H,2-3,6-9H2,1H3,(H,22,23). The van der Waals surface area contributed by atoms with E-state index in [2.05, 4.69) is 4.90 Å². The van der Waals surface area contributed by atoms with Gasteiger partial charge in [0.2, 0.25) is 5.43 Å². The van der Waals surface area contributed by atoms with Gasteiger partial charge in [0.05, 0.1) is 5.52 Å². The van der Waals surface area contributed by atoms with Crippen LogP contribution in [0.15, 0.2) is 23.1 Å². The predicted octanol–water partition coefficient (Wildman–Crippen LogP) is 1.42. The molecule has 6 heteroatoms. The zero-order chi connectivity index (χ0) is 16.1. The Morgan fingerprint density at radius 2 is 1.91 bits per heavy atom. The van der Waals surface area contributed by atoms with Crippen LogP contribution in [0.4, 0.5) is 5.69 Å². The van der Waals surface area contributed by atoms with E-state index in [1.807, 2.05) is 22.8 Å². The van der Waals surface area contributed by atoms with Crippen LogP contribution >= 0.6 is 0 Å². The Hall–Kier alpha value is -2.50. The maximum absolute atomic E-state index is 12.5. The summed E-state index contributed by atoms with van der Waals surface area (Å²) in [5.74, 6) is -1.18. The number of rotatable bonds is 2. The average molecular weight is 313 g/mol. The second-order valence-electron chi connectivity index (χ2n) is 6.31. The van der Waals surface area contributed by atoms with Gasteiger partial charge in [-0.1, -0.05) is 0 Å². The fourth-order valence-corrected chi connectivity index (χ4v) is 3.76. The van der Waals surface area contributed by atoms with E-state index in [-0.39, 0.29) is 5.56 Å². The van der Waals surface area contributed by atoms with Gasteiger partial charge in [0, 0.05) is 49.5 Å². The average Bonchev–Trinajstić information content (AvgIpc) is 3.06. The summed E-state index contributed by atoms with van der Waals surface area (Å²) in [7, 11) is 1.92. The van der Waals surface area contributed by atoms with Crippen LogP contribution in [-0.2, 0) is 6.42 Å². The molecule has 1 aromatic carbocycles. The summed E-state index contributed by atoms with van der Waals surface area (Å²) in [5, 5.41) is 11.8. The highest BCUT2D eigenvalue weighted by Crippen LogP contribution is 2.32. The predicted molar refractivity (Wildman–Crippen MR) is 89.3 cm³/mol. The number of aromatic nitrogens is 1. The van der Waals surface area contributed by atoms with Gasteiger partial charge < -0.3 is 15.0 Å². The number of hydrogen-bond donors (Lipinski definition) is 1. The fourth-order valence-electron chi connectivity index (χ4n) is 3.76. The molecule has 2 aromatic rings. The number of anilines is 1. The van der Waals surface area contributed by atoms with Gasteiger partial charge in [-0.2, -0.15) is 0 Å². The Balaban J connectivity index is 2.05. The van der Waals surface area contributed by atoms with E-state index >= 15 is 0 Å². The lowest BCUT2D eigenvalue weighted by atomic mass is 10.0. The van der Waals surface area contributed by atoms with E-state index in [0.29, 0.717) is 5.39 Å². The van der Waals surface area contributed by atoms with E-state index in [9.17, 15) is 14.7 Å². The van der Waals surface area contributed by atoms with Gasteiger partial charge in [-0.3, -0.25) is 9.47 Å². The summed E-state index contributed by atoms with van der Waals surface area (Å²) in [6.07, 6.45) is 4.72. The third kappa shape index (κ3) is 2.01. The zero-order valence-electron chi connectivity index (χ0n) is 13.1. The first-order chi connectivity index (χ1) is 11.1. The van der Waals surface area contributed by atoms with Gasteiger partial charge in [-0.05, 0) is 31.4 Å². The Labute approximate surface area is 133 Å². The summed E-state index contributed by atoms with van der Waals surface area (Å²) in [6.45, 7) is 2.90. The molecule has 0 atom stereocenters. The number of likely N-dealkylation sites (N-methyl/N-ethyl adjacent to an activating group) is 1. The second-order valence-corrected chi connectivity index (χ2v) is 6.31. The minimum Gasteiger partial charge on any atom is -0.477 e. The SMILES string of the molecule is CN1CCc2c(N3CCCC3)ccc3c(=O)c(C(=O)O)cn1c23. The highest BCUT2D eigenvalue weighted by molar-refractivity contribution is 5.95. The van der Waals surface area contributed by atoms with Crippen LogP contribution in [0, 0.1) is 0 Å². The first kappa shape index (κ1) is 14.1. The number of aromatic carboxylic acids is 1. The monoisotopic (exact) mass is 313 g/mol. The Morgan fingerprint density at radius 3 is 2.61 bits per heavy atom. The Kier molecular flexibility index (Phi) is 3.07. The first-order valence-corrected chi connectivity index (χ1v) is 7.99. The molecule has 0 bridgehead atoms. The van der Waals surface area contributed by atoms with Crippen LogP contribution < -0.4 is 15.3 Å². The number of benzene rings is 1. The van der Waals surface area contributed by atoms with Crippen LogP contribution in [0.25, 0.3) is 10.9 Å². The smallest absolute Gasteiger partial charge is 0.341 e. The molecule has 1 aromatic heterocycles. The summed E-state index contributed by atoms with van der Waals surface area (Å²) in [5.41, 5.74) is 2.65. The Bertz CT molecular complexity index is 865. The van der Waals surface area contributed by atoms with Crippen molar-refractivity contribution in [3.8, 4) is 0 Å². The molecule has 0 aliphatic carbocycles. The molecule has 0 radical (unpaired) electrons. The van der Waals surface area contributed by atoms with Crippen molar-refractivity contribution in [3.05, 3.63) is 39.7 Å².